The summed E-state index contributed by atoms with van der Waals surface area (Å²) >= 11 is 0. The van der Waals surface area contributed by atoms with Crippen molar-refractivity contribution in [2.75, 3.05) is 0 Å². The van der Waals surface area contributed by atoms with Crippen LogP contribution < -0.4 is 0 Å². The van der Waals surface area contributed by atoms with Crippen molar-refractivity contribution >= 4 is 12.3 Å². The van der Waals surface area contributed by atoms with Crippen LogP contribution in [-0.4, -0.2) is 21.9 Å². The van der Waals surface area contributed by atoms with Gasteiger partial charge < -0.3 is 9.67 Å². The van der Waals surface area contributed by atoms with E-state index in [0.29, 0.717) is 17.7 Å². The number of aldehydes is 1. The van der Waals surface area contributed by atoms with Crippen LogP contribution in [0.15, 0.2) is 24.3 Å². The van der Waals surface area contributed by atoms with Crippen LogP contribution in [0.3, 0.4) is 0 Å². The second-order valence-corrected chi connectivity index (χ2v) is 4.50. The molecule has 4 nitrogen and oxygen atoms in total. The lowest BCUT2D eigenvalue weighted by Crippen LogP contribution is -2.03. The summed E-state index contributed by atoms with van der Waals surface area (Å²) in [6.45, 7) is 5.43. The molecule has 1 N–H and O–H groups in total. The average Bonchev–Trinajstić information content (AvgIpc) is 2.61. The Labute approximate surface area is 111 Å². The summed E-state index contributed by atoms with van der Waals surface area (Å²) < 4.78 is 1.82. The molecule has 2 aromatic rings. The highest BCUT2D eigenvalue weighted by Crippen LogP contribution is 2.26. The Balaban J connectivity index is 2.83. The van der Waals surface area contributed by atoms with Crippen molar-refractivity contribution in [1.82, 2.24) is 4.57 Å². The third-order valence-corrected chi connectivity index (χ3v) is 3.38. The Bertz CT molecular complexity index is 668. The maximum atomic E-state index is 11.3. The van der Waals surface area contributed by atoms with E-state index in [0.717, 1.165) is 11.3 Å². The minimum absolute atomic E-state index is 0.0794. The Hall–Kier alpha value is -2.36. The molecule has 0 unspecified atom stereocenters. The fourth-order valence-electron chi connectivity index (χ4n) is 2.45. The number of aromatic nitrogens is 1. The largest absolute Gasteiger partial charge is 0.478 e. The highest BCUT2D eigenvalue weighted by atomic mass is 16.4. The molecule has 0 bridgehead atoms. The average molecular weight is 257 g/mol. The number of aromatic carboxylic acids is 1. The Morgan fingerprint density at radius 3 is 2.26 bits per heavy atom. The zero-order valence-electron chi connectivity index (χ0n) is 11.1. The molecule has 1 heterocycles. The van der Waals surface area contributed by atoms with Crippen LogP contribution in [-0.2, 0) is 0 Å². The van der Waals surface area contributed by atoms with Crippen molar-refractivity contribution in [3.8, 4) is 5.69 Å². The van der Waals surface area contributed by atoms with Crippen molar-refractivity contribution in [3.05, 3.63) is 52.3 Å². The zero-order valence-corrected chi connectivity index (χ0v) is 11.1. The Morgan fingerprint density at radius 2 is 1.79 bits per heavy atom. The Kier molecular flexibility index (Phi) is 3.25. The second kappa shape index (κ2) is 4.72. The number of nitrogens with zero attached hydrogens (tertiary/aromatic N) is 1. The van der Waals surface area contributed by atoms with E-state index in [-0.39, 0.29) is 11.1 Å². The summed E-state index contributed by atoms with van der Waals surface area (Å²) in [7, 11) is 0. The molecule has 0 aliphatic rings. The summed E-state index contributed by atoms with van der Waals surface area (Å²) in [4.78, 5) is 22.5. The lowest BCUT2D eigenvalue weighted by Gasteiger charge is -2.12. The predicted molar refractivity (Wildman–Crippen MR) is 72.3 cm³/mol. The number of carbonyl (C=O) groups excluding carboxylic acids is 1. The maximum Gasteiger partial charge on any atom is 0.338 e. The van der Waals surface area contributed by atoms with Crippen molar-refractivity contribution in [2.45, 2.75) is 20.8 Å². The number of carboxylic acids is 1. The van der Waals surface area contributed by atoms with E-state index in [1.54, 1.807) is 13.8 Å². The molecule has 1 aromatic carbocycles. The zero-order chi connectivity index (χ0) is 14.2. The Morgan fingerprint density at radius 1 is 1.16 bits per heavy atom. The topological polar surface area (TPSA) is 59.3 Å². The van der Waals surface area contributed by atoms with Gasteiger partial charge in [0.2, 0.25) is 0 Å². The first-order valence-electron chi connectivity index (χ1n) is 5.95. The van der Waals surface area contributed by atoms with Gasteiger partial charge in [0.25, 0.3) is 0 Å². The summed E-state index contributed by atoms with van der Waals surface area (Å²) in [5.74, 6) is -1.07. The third kappa shape index (κ3) is 1.95. The highest BCUT2D eigenvalue weighted by molar-refractivity contribution is 5.99. The summed E-state index contributed by atoms with van der Waals surface area (Å²) in [6, 6.07) is 7.68. The van der Waals surface area contributed by atoms with E-state index in [4.69, 9.17) is 0 Å². The van der Waals surface area contributed by atoms with Crippen LogP contribution in [0.2, 0.25) is 0 Å². The van der Waals surface area contributed by atoms with Gasteiger partial charge >= 0.3 is 5.97 Å². The molecule has 0 atom stereocenters. The normalized spacial score (nSPS) is 10.5. The number of hydrogen-bond donors (Lipinski definition) is 1. The minimum Gasteiger partial charge on any atom is -0.478 e. The number of hydrogen-bond acceptors (Lipinski definition) is 2. The monoisotopic (exact) mass is 257 g/mol. The van der Waals surface area contributed by atoms with Crippen LogP contribution in [0.25, 0.3) is 5.69 Å². The lowest BCUT2D eigenvalue weighted by molar-refractivity contribution is 0.0693. The van der Waals surface area contributed by atoms with E-state index in [1.807, 2.05) is 35.8 Å². The van der Waals surface area contributed by atoms with Gasteiger partial charge in [0.05, 0.1) is 11.1 Å². The maximum absolute atomic E-state index is 11.3. The first kappa shape index (κ1) is 13.1. The highest BCUT2D eigenvalue weighted by Gasteiger charge is 2.23. The van der Waals surface area contributed by atoms with Crippen molar-refractivity contribution < 1.29 is 14.7 Å². The molecule has 0 amide bonds. The van der Waals surface area contributed by atoms with Gasteiger partial charge in [0.15, 0.2) is 6.29 Å². The predicted octanol–water partition coefficient (Wildman–Crippen LogP) is 2.91. The SMILES string of the molecule is Cc1ccccc1-n1c(C)c(C=O)c(C(=O)O)c1C. The number of aryl methyl sites for hydroxylation is 1. The van der Waals surface area contributed by atoms with Crippen LogP contribution in [0, 0.1) is 20.8 Å². The van der Waals surface area contributed by atoms with Gasteiger partial charge in [0.1, 0.15) is 0 Å². The van der Waals surface area contributed by atoms with Crippen LogP contribution in [0.4, 0.5) is 0 Å². The minimum atomic E-state index is -1.07. The van der Waals surface area contributed by atoms with Crippen molar-refractivity contribution in [1.29, 1.82) is 0 Å². The molecule has 2 rings (SSSR count). The molecule has 4 heteroatoms. The summed E-state index contributed by atoms with van der Waals surface area (Å²) in [6.07, 6.45) is 0.612. The van der Waals surface area contributed by atoms with E-state index in [1.165, 1.54) is 0 Å². The van der Waals surface area contributed by atoms with Crippen molar-refractivity contribution in [3.63, 3.8) is 0 Å². The molecular formula is C15H15NO3. The number of rotatable bonds is 3. The fraction of sp³-hybridized carbons (Fsp3) is 0.200. The first-order chi connectivity index (χ1) is 8.99. The number of carbonyl (C=O) groups is 2. The summed E-state index contributed by atoms with van der Waals surface area (Å²) in [5.41, 5.74) is 3.47. The van der Waals surface area contributed by atoms with Gasteiger partial charge in [-0.05, 0) is 32.4 Å². The van der Waals surface area contributed by atoms with E-state index in [2.05, 4.69) is 0 Å². The van der Waals surface area contributed by atoms with Gasteiger partial charge in [0, 0.05) is 17.1 Å². The molecule has 0 aliphatic heterocycles. The van der Waals surface area contributed by atoms with Crippen LogP contribution in [0.1, 0.15) is 37.7 Å². The molecular weight excluding hydrogens is 242 g/mol. The lowest BCUT2D eigenvalue weighted by atomic mass is 10.1. The van der Waals surface area contributed by atoms with Gasteiger partial charge in [-0.15, -0.1) is 0 Å². The first-order valence-corrected chi connectivity index (χ1v) is 5.95. The molecule has 0 radical (unpaired) electrons. The number of para-hydroxylation sites is 1. The molecule has 0 fully saturated rings. The number of benzene rings is 1. The standard InChI is InChI=1S/C15H15NO3/c1-9-6-4-5-7-13(9)16-10(2)12(8-17)14(11(16)3)15(18)19/h4-8H,1-3H3,(H,18,19). The van der Waals surface area contributed by atoms with Crippen molar-refractivity contribution in [2.24, 2.45) is 0 Å². The fourth-order valence-corrected chi connectivity index (χ4v) is 2.45. The second-order valence-electron chi connectivity index (χ2n) is 4.50. The molecule has 1 aromatic heterocycles. The molecule has 98 valence electrons. The van der Waals surface area contributed by atoms with Crippen LogP contribution >= 0.6 is 0 Å². The van der Waals surface area contributed by atoms with Crippen LogP contribution in [0.5, 0.6) is 0 Å². The van der Waals surface area contributed by atoms with Gasteiger partial charge in [-0.2, -0.15) is 0 Å². The number of carboxylic acid groups (broad SMARTS) is 1. The van der Waals surface area contributed by atoms with Gasteiger partial charge in [-0.3, -0.25) is 4.79 Å². The quantitative estimate of drug-likeness (QED) is 0.860. The van der Waals surface area contributed by atoms with Gasteiger partial charge in [-0.25, -0.2) is 4.79 Å². The van der Waals surface area contributed by atoms with E-state index < -0.39 is 5.97 Å². The third-order valence-electron chi connectivity index (χ3n) is 3.38. The molecule has 19 heavy (non-hydrogen) atoms. The van der Waals surface area contributed by atoms with E-state index in [9.17, 15) is 14.7 Å². The smallest absolute Gasteiger partial charge is 0.338 e. The molecule has 0 saturated heterocycles. The van der Waals surface area contributed by atoms with Gasteiger partial charge in [-0.1, -0.05) is 18.2 Å². The molecule has 0 saturated carbocycles. The summed E-state index contributed by atoms with van der Waals surface area (Å²) in [5, 5.41) is 9.26. The molecule has 0 spiro atoms. The molecule has 0 aliphatic carbocycles. The van der Waals surface area contributed by atoms with E-state index >= 15 is 0 Å².